The Kier molecular flexibility index (Phi) is 4.46. The SMILES string of the molecule is CN/C=C(\C=C/N)C(C)C. The van der Waals surface area contributed by atoms with E-state index in [0.717, 1.165) is 0 Å². The van der Waals surface area contributed by atoms with Gasteiger partial charge in [0.2, 0.25) is 0 Å². The van der Waals surface area contributed by atoms with Gasteiger partial charge >= 0.3 is 0 Å². The second-order valence-electron chi connectivity index (χ2n) is 2.45. The largest absolute Gasteiger partial charge is 0.405 e. The molecule has 0 rings (SSSR count). The quantitative estimate of drug-likeness (QED) is 0.578. The van der Waals surface area contributed by atoms with Gasteiger partial charge in [0, 0.05) is 7.05 Å². The zero-order valence-corrected chi connectivity index (χ0v) is 6.89. The van der Waals surface area contributed by atoms with Crippen molar-refractivity contribution in [2.45, 2.75) is 13.8 Å². The number of allylic oxidation sites excluding steroid dienone is 2. The molecule has 0 heterocycles. The Morgan fingerprint density at radius 2 is 2.10 bits per heavy atom. The fourth-order valence-electron chi connectivity index (χ4n) is 0.685. The maximum Gasteiger partial charge on any atom is 0.00278 e. The van der Waals surface area contributed by atoms with E-state index in [2.05, 4.69) is 19.2 Å². The zero-order valence-electron chi connectivity index (χ0n) is 6.89. The Hall–Kier alpha value is -0.920. The summed E-state index contributed by atoms with van der Waals surface area (Å²) >= 11 is 0. The summed E-state index contributed by atoms with van der Waals surface area (Å²) in [6.45, 7) is 4.26. The first kappa shape index (κ1) is 9.08. The van der Waals surface area contributed by atoms with Crippen molar-refractivity contribution >= 4 is 0 Å². The van der Waals surface area contributed by atoms with Crippen LogP contribution in [0, 0.1) is 5.92 Å². The highest BCUT2D eigenvalue weighted by atomic mass is 14.8. The van der Waals surface area contributed by atoms with Crippen LogP contribution in [0.3, 0.4) is 0 Å². The van der Waals surface area contributed by atoms with Crippen molar-refractivity contribution in [1.29, 1.82) is 0 Å². The zero-order chi connectivity index (χ0) is 7.98. The summed E-state index contributed by atoms with van der Waals surface area (Å²) in [7, 11) is 1.88. The van der Waals surface area contributed by atoms with E-state index in [1.54, 1.807) is 6.20 Å². The van der Waals surface area contributed by atoms with Gasteiger partial charge in [0.25, 0.3) is 0 Å². The Morgan fingerprint density at radius 1 is 1.50 bits per heavy atom. The molecule has 0 aliphatic rings. The van der Waals surface area contributed by atoms with E-state index in [4.69, 9.17) is 5.73 Å². The summed E-state index contributed by atoms with van der Waals surface area (Å²) in [4.78, 5) is 0. The van der Waals surface area contributed by atoms with E-state index in [1.165, 1.54) is 5.57 Å². The molecule has 0 aliphatic heterocycles. The van der Waals surface area contributed by atoms with Gasteiger partial charge in [0.15, 0.2) is 0 Å². The first-order valence-corrected chi connectivity index (χ1v) is 3.48. The van der Waals surface area contributed by atoms with Crippen molar-refractivity contribution < 1.29 is 0 Å². The number of rotatable bonds is 3. The highest BCUT2D eigenvalue weighted by molar-refractivity contribution is 5.18. The number of nitrogens with one attached hydrogen (secondary N) is 1. The van der Waals surface area contributed by atoms with E-state index in [9.17, 15) is 0 Å². The minimum absolute atomic E-state index is 0.521. The van der Waals surface area contributed by atoms with Gasteiger partial charge in [-0.15, -0.1) is 0 Å². The molecule has 2 heteroatoms. The van der Waals surface area contributed by atoms with E-state index >= 15 is 0 Å². The van der Waals surface area contributed by atoms with Crippen LogP contribution in [0.4, 0.5) is 0 Å². The maximum absolute atomic E-state index is 5.25. The topological polar surface area (TPSA) is 38.0 Å². The number of hydrogen-bond donors (Lipinski definition) is 2. The van der Waals surface area contributed by atoms with Crippen LogP contribution in [0.25, 0.3) is 0 Å². The van der Waals surface area contributed by atoms with Crippen molar-refractivity contribution in [3.05, 3.63) is 24.0 Å². The minimum atomic E-state index is 0.521. The molecule has 0 spiro atoms. The van der Waals surface area contributed by atoms with Crippen LogP contribution < -0.4 is 11.1 Å². The molecule has 0 aromatic rings. The van der Waals surface area contributed by atoms with Gasteiger partial charge in [0.1, 0.15) is 0 Å². The van der Waals surface area contributed by atoms with Crippen LogP contribution >= 0.6 is 0 Å². The van der Waals surface area contributed by atoms with Gasteiger partial charge in [-0.3, -0.25) is 0 Å². The van der Waals surface area contributed by atoms with Crippen LogP contribution in [-0.4, -0.2) is 7.05 Å². The fourth-order valence-corrected chi connectivity index (χ4v) is 0.685. The molecular formula is C8H16N2. The molecule has 58 valence electrons. The van der Waals surface area contributed by atoms with Crippen molar-refractivity contribution in [3.8, 4) is 0 Å². The summed E-state index contributed by atoms with van der Waals surface area (Å²) < 4.78 is 0. The van der Waals surface area contributed by atoms with E-state index < -0.39 is 0 Å². The third-order valence-corrected chi connectivity index (χ3v) is 1.27. The summed E-state index contributed by atoms with van der Waals surface area (Å²) in [6, 6.07) is 0. The summed E-state index contributed by atoms with van der Waals surface area (Å²) in [6.07, 6.45) is 5.42. The van der Waals surface area contributed by atoms with Gasteiger partial charge in [-0.1, -0.05) is 13.8 Å². The molecule has 0 aromatic carbocycles. The first-order valence-electron chi connectivity index (χ1n) is 3.48. The molecule has 0 radical (unpaired) electrons. The molecule has 0 aromatic heterocycles. The molecular weight excluding hydrogens is 124 g/mol. The normalized spacial score (nSPS) is 13.0. The van der Waals surface area contributed by atoms with Crippen LogP contribution in [0.15, 0.2) is 24.0 Å². The fraction of sp³-hybridized carbons (Fsp3) is 0.500. The van der Waals surface area contributed by atoms with Gasteiger partial charge in [0.05, 0.1) is 0 Å². The van der Waals surface area contributed by atoms with Crippen LogP contribution in [0.1, 0.15) is 13.8 Å². The van der Waals surface area contributed by atoms with E-state index in [-0.39, 0.29) is 0 Å². The lowest BCUT2D eigenvalue weighted by Gasteiger charge is -2.04. The second-order valence-corrected chi connectivity index (χ2v) is 2.45. The highest BCUT2D eigenvalue weighted by Crippen LogP contribution is 2.08. The summed E-state index contributed by atoms with van der Waals surface area (Å²) in [5.41, 5.74) is 6.46. The molecule has 0 saturated heterocycles. The predicted octanol–water partition coefficient (Wildman–Crippen LogP) is 1.22. The maximum atomic E-state index is 5.25. The average molecular weight is 140 g/mol. The van der Waals surface area contributed by atoms with Gasteiger partial charge in [-0.25, -0.2) is 0 Å². The van der Waals surface area contributed by atoms with E-state index in [0.29, 0.717) is 5.92 Å². The van der Waals surface area contributed by atoms with Crippen molar-refractivity contribution in [2.24, 2.45) is 11.7 Å². The molecule has 0 atom stereocenters. The molecule has 3 N–H and O–H groups in total. The Balaban J connectivity index is 4.11. The number of nitrogens with two attached hydrogens (primary N) is 1. The predicted molar refractivity (Wildman–Crippen MR) is 45.3 cm³/mol. The lowest BCUT2D eigenvalue weighted by Crippen LogP contribution is -2.00. The lowest BCUT2D eigenvalue weighted by atomic mass is 10.1. The third-order valence-electron chi connectivity index (χ3n) is 1.27. The van der Waals surface area contributed by atoms with E-state index in [1.807, 2.05) is 19.3 Å². The molecule has 0 bridgehead atoms. The molecule has 0 amide bonds. The molecule has 0 unspecified atom stereocenters. The standard InChI is InChI=1S/C8H16N2/c1-7(2)8(4-5-9)6-10-3/h4-7,10H,9H2,1-3H3/b5-4-,8-6+. The Labute approximate surface area is 62.8 Å². The first-order chi connectivity index (χ1) is 4.72. The molecule has 0 saturated carbocycles. The Morgan fingerprint density at radius 3 is 2.40 bits per heavy atom. The lowest BCUT2D eigenvalue weighted by molar-refractivity contribution is 0.780. The summed E-state index contributed by atoms with van der Waals surface area (Å²) in [5, 5.41) is 2.97. The minimum Gasteiger partial charge on any atom is -0.405 e. The highest BCUT2D eigenvalue weighted by Gasteiger charge is 1.96. The molecule has 0 fully saturated rings. The van der Waals surface area contributed by atoms with Gasteiger partial charge in [-0.05, 0) is 30.0 Å². The Bertz CT molecular complexity index is 134. The van der Waals surface area contributed by atoms with Crippen LogP contribution in [0.5, 0.6) is 0 Å². The monoisotopic (exact) mass is 140 g/mol. The number of hydrogen-bond acceptors (Lipinski definition) is 2. The van der Waals surface area contributed by atoms with Crippen molar-refractivity contribution in [3.63, 3.8) is 0 Å². The average Bonchev–Trinajstić information content (AvgIpc) is 1.87. The van der Waals surface area contributed by atoms with Crippen LogP contribution in [0.2, 0.25) is 0 Å². The molecule has 2 nitrogen and oxygen atoms in total. The van der Waals surface area contributed by atoms with Gasteiger partial charge in [-0.2, -0.15) is 0 Å². The molecule has 0 aliphatic carbocycles. The summed E-state index contributed by atoms with van der Waals surface area (Å²) in [5.74, 6) is 0.521. The van der Waals surface area contributed by atoms with Crippen LogP contribution in [-0.2, 0) is 0 Å². The molecule has 10 heavy (non-hydrogen) atoms. The van der Waals surface area contributed by atoms with Crippen molar-refractivity contribution in [2.75, 3.05) is 7.05 Å². The smallest absolute Gasteiger partial charge is 0.00278 e. The third kappa shape index (κ3) is 3.17. The van der Waals surface area contributed by atoms with Crippen molar-refractivity contribution in [1.82, 2.24) is 5.32 Å². The van der Waals surface area contributed by atoms with Gasteiger partial charge < -0.3 is 11.1 Å². The second kappa shape index (κ2) is 4.91.